The van der Waals surface area contributed by atoms with E-state index in [0.29, 0.717) is 5.92 Å². The normalized spacial score (nSPS) is 24.4. The van der Waals surface area contributed by atoms with E-state index in [0.717, 1.165) is 54.7 Å². The number of aliphatic hydroxyl groups is 1. The maximum absolute atomic E-state index is 10.2. The average molecular weight is 360 g/mol. The molecule has 2 aliphatic rings. The van der Waals surface area contributed by atoms with Crippen LogP contribution in [0.15, 0.2) is 48.4 Å². The van der Waals surface area contributed by atoms with E-state index in [1.165, 1.54) is 11.1 Å². The molecule has 0 amide bonds. The zero-order valence-corrected chi connectivity index (χ0v) is 15.5. The molecule has 1 N–H and O–H groups in total. The lowest BCUT2D eigenvalue weighted by molar-refractivity contribution is 0.205. The highest BCUT2D eigenvalue weighted by molar-refractivity contribution is 5.51. The molecule has 0 saturated carbocycles. The van der Waals surface area contributed by atoms with E-state index >= 15 is 0 Å². The van der Waals surface area contributed by atoms with E-state index in [4.69, 9.17) is 0 Å². The number of aryl methyl sites for hydroxylation is 1. The van der Waals surface area contributed by atoms with Crippen LogP contribution < -0.4 is 0 Å². The Labute approximate surface area is 158 Å². The Balaban J connectivity index is 1.48. The van der Waals surface area contributed by atoms with E-state index in [9.17, 15) is 5.11 Å². The number of rotatable bonds is 4. The van der Waals surface area contributed by atoms with Gasteiger partial charge in [0.1, 0.15) is 12.2 Å². The molecule has 2 aliphatic carbocycles. The second-order valence-corrected chi connectivity index (χ2v) is 7.72. The third kappa shape index (κ3) is 2.77. The molecule has 0 saturated heterocycles. The molecule has 2 aromatic heterocycles. The summed E-state index contributed by atoms with van der Waals surface area (Å²) in [6, 6.07) is 8.73. The van der Waals surface area contributed by atoms with Gasteiger partial charge in [0.15, 0.2) is 5.65 Å². The number of aromatic nitrogens is 4. The number of allylic oxidation sites excluding steroid dienone is 1. The van der Waals surface area contributed by atoms with Crippen LogP contribution in [-0.2, 0) is 12.8 Å². The predicted molar refractivity (Wildman–Crippen MR) is 104 cm³/mol. The molecule has 5 heteroatoms. The zero-order valence-electron chi connectivity index (χ0n) is 15.5. The van der Waals surface area contributed by atoms with Gasteiger partial charge in [-0.2, -0.15) is 5.10 Å². The summed E-state index contributed by atoms with van der Waals surface area (Å²) in [4.78, 5) is 9.07. The second-order valence-electron chi connectivity index (χ2n) is 7.72. The highest BCUT2D eigenvalue weighted by Gasteiger charge is 2.28. The van der Waals surface area contributed by atoms with Crippen LogP contribution in [0.25, 0.3) is 5.65 Å². The van der Waals surface area contributed by atoms with Gasteiger partial charge in [0, 0.05) is 17.9 Å². The minimum Gasteiger partial charge on any atom is -0.389 e. The second kappa shape index (κ2) is 6.57. The lowest BCUT2D eigenvalue weighted by Gasteiger charge is -2.12. The Morgan fingerprint density at radius 3 is 2.93 bits per heavy atom. The van der Waals surface area contributed by atoms with Crippen molar-refractivity contribution in [3.8, 4) is 0 Å². The van der Waals surface area contributed by atoms with Crippen molar-refractivity contribution in [3.05, 3.63) is 71.0 Å². The zero-order chi connectivity index (χ0) is 18.4. The molecule has 3 aromatic rings. The van der Waals surface area contributed by atoms with Gasteiger partial charge in [0.25, 0.3) is 0 Å². The molecule has 0 unspecified atom stereocenters. The first-order valence-electron chi connectivity index (χ1n) is 9.88. The maximum atomic E-state index is 10.2. The van der Waals surface area contributed by atoms with Crippen LogP contribution in [0.3, 0.4) is 0 Å². The van der Waals surface area contributed by atoms with Gasteiger partial charge in [-0.3, -0.25) is 0 Å². The number of aliphatic hydroxyl groups excluding tert-OH is 1. The van der Waals surface area contributed by atoms with Crippen LogP contribution in [0.4, 0.5) is 0 Å². The molecule has 2 heterocycles. The minimum absolute atomic E-state index is 0.183. The molecule has 3 atom stereocenters. The molecule has 27 heavy (non-hydrogen) atoms. The van der Waals surface area contributed by atoms with Crippen molar-refractivity contribution in [2.75, 3.05) is 0 Å². The number of fused-ring (bicyclic) bond motifs is 2. The van der Waals surface area contributed by atoms with E-state index in [1.54, 1.807) is 6.33 Å². The summed E-state index contributed by atoms with van der Waals surface area (Å²) in [6.45, 7) is 2.09. The van der Waals surface area contributed by atoms with Crippen LogP contribution in [0.1, 0.15) is 60.5 Å². The fraction of sp³-hybridized carbons (Fsp3) is 0.409. The molecule has 0 radical (unpaired) electrons. The van der Waals surface area contributed by atoms with Crippen molar-refractivity contribution in [1.29, 1.82) is 0 Å². The fourth-order valence-corrected chi connectivity index (χ4v) is 4.76. The van der Waals surface area contributed by atoms with Crippen molar-refractivity contribution in [2.45, 2.75) is 57.0 Å². The minimum atomic E-state index is -0.341. The summed E-state index contributed by atoms with van der Waals surface area (Å²) in [5.74, 6) is 1.64. The number of hydrogen-bond acceptors (Lipinski definition) is 4. The van der Waals surface area contributed by atoms with E-state index < -0.39 is 0 Å². The van der Waals surface area contributed by atoms with Crippen LogP contribution in [0.5, 0.6) is 0 Å². The van der Waals surface area contributed by atoms with Crippen molar-refractivity contribution in [3.63, 3.8) is 0 Å². The molecular formula is C22H24N4O. The van der Waals surface area contributed by atoms with Crippen LogP contribution in [0.2, 0.25) is 0 Å². The quantitative estimate of drug-likeness (QED) is 0.722. The number of nitrogens with zero attached hydrogens (tertiary/aromatic N) is 4. The molecule has 0 spiro atoms. The Kier molecular flexibility index (Phi) is 4.05. The van der Waals surface area contributed by atoms with Crippen LogP contribution in [0, 0.1) is 0 Å². The SMILES string of the molecule is CCC1=C[C@@H](c2cnn3c(C[C@H]4CCc5ccccc54)ncnc23)C[C@H]1O. The molecule has 138 valence electrons. The van der Waals surface area contributed by atoms with Gasteiger partial charge in [-0.15, -0.1) is 0 Å². The summed E-state index contributed by atoms with van der Waals surface area (Å²) < 4.78 is 1.90. The highest BCUT2D eigenvalue weighted by Crippen LogP contribution is 2.37. The van der Waals surface area contributed by atoms with E-state index in [1.807, 2.05) is 10.7 Å². The third-order valence-corrected chi connectivity index (χ3v) is 6.22. The van der Waals surface area contributed by atoms with Gasteiger partial charge >= 0.3 is 0 Å². The first kappa shape index (κ1) is 16.6. The standard InChI is InChI=1S/C22H24N4O/c1-2-14-9-17(10-20(14)27)19-12-25-26-21(23-13-24-22(19)26)11-16-8-7-15-5-3-4-6-18(15)16/h3-6,9,12-13,16-17,20,27H,2,7-8,10-11H2,1H3/t16-,17-,20-/m1/s1. The largest absolute Gasteiger partial charge is 0.389 e. The fourth-order valence-electron chi connectivity index (χ4n) is 4.76. The summed E-state index contributed by atoms with van der Waals surface area (Å²) in [5.41, 5.74) is 6.00. The predicted octanol–water partition coefficient (Wildman–Crippen LogP) is 3.58. The van der Waals surface area contributed by atoms with Crippen molar-refractivity contribution >= 4 is 5.65 Å². The van der Waals surface area contributed by atoms with E-state index in [-0.39, 0.29) is 12.0 Å². The number of benzene rings is 1. The molecule has 0 bridgehead atoms. The molecular weight excluding hydrogens is 336 g/mol. The van der Waals surface area contributed by atoms with Crippen molar-refractivity contribution in [1.82, 2.24) is 19.6 Å². The Hall–Kier alpha value is -2.53. The average Bonchev–Trinajstić information content (AvgIpc) is 3.39. The van der Waals surface area contributed by atoms with Crippen molar-refractivity contribution in [2.24, 2.45) is 0 Å². The van der Waals surface area contributed by atoms with Crippen LogP contribution >= 0.6 is 0 Å². The summed E-state index contributed by atoms with van der Waals surface area (Å²) in [5, 5.41) is 14.9. The van der Waals surface area contributed by atoms with Gasteiger partial charge in [-0.1, -0.05) is 37.3 Å². The molecule has 0 fully saturated rings. The van der Waals surface area contributed by atoms with Crippen LogP contribution in [-0.4, -0.2) is 30.8 Å². The van der Waals surface area contributed by atoms with Gasteiger partial charge < -0.3 is 5.11 Å². The highest BCUT2D eigenvalue weighted by atomic mass is 16.3. The van der Waals surface area contributed by atoms with Crippen molar-refractivity contribution < 1.29 is 5.11 Å². The first-order valence-corrected chi connectivity index (χ1v) is 9.88. The maximum Gasteiger partial charge on any atom is 0.162 e. The lowest BCUT2D eigenvalue weighted by Crippen LogP contribution is -2.09. The Morgan fingerprint density at radius 1 is 1.19 bits per heavy atom. The Morgan fingerprint density at radius 2 is 2.07 bits per heavy atom. The van der Waals surface area contributed by atoms with Gasteiger partial charge in [0.05, 0.1) is 12.3 Å². The third-order valence-electron chi connectivity index (χ3n) is 6.22. The number of hydrogen-bond donors (Lipinski definition) is 1. The summed E-state index contributed by atoms with van der Waals surface area (Å²) in [6.07, 6.45) is 10.2. The molecule has 1 aromatic carbocycles. The van der Waals surface area contributed by atoms with Gasteiger partial charge in [-0.25, -0.2) is 14.5 Å². The molecule has 5 nitrogen and oxygen atoms in total. The van der Waals surface area contributed by atoms with E-state index in [2.05, 4.69) is 52.3 Å². The van der Waals surface area contributed by atoms with Gasteiger partial charge in [0.2, 0.25) is 0 Å². The summed E-state index contributed by atoms with van der Waals surface area (Å²) in [7, 11) is 0. The first-order chi connectivity index (χ1) is 13.2. The lowest BCUT2D eigenvalue weighted by atomic mass is 9.97. The smallest absolute Gasteiger partial charge is 0.162 e. The molecule has 5 rings (SSSR count). The topological polar surface area (TPSA) is 63.3 Å². The Bertz CT molecular complexity index is 1020. The monoisotopic (exact) mass is 360 g/mol. The van der Waals surface area contributed by atoms with Gasteiger partial charge in [-0.05, 0) is 48.3 Å². The molecule has 0 aliphatic heterocycles. The summed E-state index contributed by atoms with van der Waals surface area (Å²) >= 11 is 0.